The molecule has 0 saturated carbocycles. The van der Waals surface area contributed by atoms with E-state index in [4.69, 9.17) is 10.5 Å². The van der Waals surface area contributed by atoms with E-state index in [9.17, 15) is 4.79 Å². The molecule has 0 bridgehead atoms. The number of amides is 1. The normalized spacial score (nSPS) is 24.7. The van der Waals surface area contributed by atoms with E-state index in [0.29, 0.717) is 19.6 Å². The molecule has 4 heterocycles. The Hall–Kier alpha value is -1.77. The number of fused-ring (bicyclic) bond motifs is 1. The Kier molecular flexibility index (Phi) is 4.34. The fourth-order valence-electron chi connectivity index (χ4n) is 3.43. The summed E-state index contributed by atoms with van der Waals surface area (Å²) >= 11 is 1.62. The summed E-state index contributed by atoms with van der Waals surface area (Å²) < 4.78 is 5.74. The van der Waals surface area contributed by atoms with Crippen molar-refractivity contribution in [2.75, 3.05) is 37.6 Å². The Labute approximate surface area is 144 Å². The maximum absolute atomic E-state index is 12.6. The van der Waals surface area contributed by atoms with Crippen molar-refractivity contribution in [2.45, 2.75) is 25.0 Å². The Morgan fingerprint density at radius 2 is 2.12 bits per heavy atom. The van der Waals surface area contributed by atoms with Crippen LogP contribution in [0.1, 0.15) is 12.8 Å². The van der Waals surface area contributed by atoms with Crippen LogP contribution in [0.2, 0.25) is 0 Å². The minimum absolute atomic E-state index is 0.0353. The molecule has 2 N–H and O–H groups in total. The fourth-order valence-corrected chi connectivity index (χ4v) is 4.16. The number of anilines is 1. The summed E-state index contributed by atoms with van der Waals surface area (Å²) in [6.45, 7) is 3.44. The highest BCUT2D eigenvalue weighted by Crippen LogP contribution is 2.28. The first-order valence-corrected chi connectivity index (χ1v) is 9.21. The van der Waals surface area contributed by atoms with Gasteiger partial charge >= 0.3 is 0 Å². The van der Waals surface area contributed by atoms with Crippen LogP contribution < -0.4 is 10.6 Å². The van der Waals surface area contributed by atoms with Crippen LogP contribution in [0.25, 0.3) is 10.2 Å². The van der Waals surface area contributed by atoms with E-state index in [1.807, 2.05) is 10.3 Å². The highest BCUT2D eigenvalue weighted by atomic mass is 32.1. The van der Waals surface area contributed by atoms with Crippen molar-refractivity contribution in [3.8, 4) is 0 Å². The number of thiophene rings is 1. The van der Waals surface area contributed by atoms with Crippen molar-refractivity contribution >= 4 is 33.3 Å². The number of ether oxygens (including phenoxy) is 1. The van der Waals surface area contributed by atoms with Gasteiger partial charge in [-0.1, -0.05) is 0 Å². The lowest BCUT2D eigenvalue weighted by atomic mass is 10.1. The lowest BCUT2D eigenvalue weighted by Gasteiger charge is -2.36. The van der Waals surface area contributed by atoms with E-state index < -0.39 is 0 Å². The first kappa shape index (κ1) is 15.7. The van der Waals surface area contributed by atoms with E-state index in [2.05, 4.69) is 20.9 Å². The smallest absolute Gasteiger partial charge is 0.251 e. The quantitative estimate of drug-likeness (QED) is 0.886. The molecule has 0 radical (unpaired) electrons. The number of carbonyl (C=O) groups excluding carboxylic acids is 1. The summed E-state index contributed by atoms with van der Waals surface area (Å²) in [5, 5.41) is 3.13. The van der Waals surface area contributed by atoms with Gasteiger partial charge in [-0.15, -0.1) is 11.3 Å². The first-order chi connectivity index (χ1) is 11.8. The number of hydrogen-bond donors (Lipinski definition) is 1. The van der Waals surface area contributed by atoms with Crippen LogP contribution in [-0.2, 0) is 9.53 Å². The summed E-state index contributed by atoms with van der Waals surface area (Å²) in [5.41, 5.74) is 5.63. The lowest BCUT2D eigenvalue weighted by molar-refractivity contribution is -0.143. The van der Waals surface area contributed by atoms with Crippen molar-refractivity contribution < 1.29 is 9.53 Å². The second-order valence-corrected chi connectivity index (χ2v) is 7.10. The summed E-state index contributed by atoms with van der Waals surface area (Å²) in [6, 6.07) is 2.06. The molecule has 2 aliphatic heterocycles. The van der Waals surface area contributed by atoms with Crippen molar-refractivity contribution in [3.05, 3.63) is 17.8 Å². The molecule has 2 aromatic heterocycles. The molecule has 128 valence electrons. The summed E-state index contributed by atoms with van der Waals surface area (Å²) in [7, 11) is 0. The van der Waals surface area contributed by atoms with Crippen molar-refractivity contribution in [1.82, 2.24) is 14.9 Å². The van der Waals surface area contributed by atoms with Gasteiger partial charge in [-0.2, -0.15) is 0 Å². The SMILES string of the molecule is NC[C@H]1CC[C@@H](C(=O)N2CCN(c3ncnc4sccc34)CC2)O1. The molecule has 2 atom stereocenters. The largest absolute Gasteiger partial charge is 0.364 e. The molecule has 0 aliphatic carbocycles. The minimum Gasteiger partial charge on any atom is -0.364 e. The van der Waals surface area contributed by atoms with Gasteiger partial charge in [0.25, 0.3) is 5.91 Å². The Balaban J connectivity index is 1.40. The molecule has 7 nitrogen and oxygen atoms in total. The zero-order chi connectivity index (χ0) is 16.5. The Bertz CT molecular complexity index is 728. The maximum atomic E-state index is 12.6. The third kappa shape index (κ3) is 2.85. The van der Waals surface area contributed by atoms with Crippen LogP contribution in [0.3, 0.4) is 0 Å². The highest BCUT2D eigenvalue weighted by Gasteiger charge is 2.34. The van der Waals surface area contributed by atoms with Crippen LogP contribution in [0.5, 0.6) is 0 Å². The van der Waals surface area contributed by atoms with Crippen LogP contribution in [-0.4, -0.2) is 65.7 Å². The molecule has 8 heteroatoms. The topological polar surface area (TPSA) is 84.6 Å². The number of rotatable bonds is 3. The van der Waals surface area contributed by atoms with Crippen LogP contribution in [0, 0.1) is 0 Å². The third-order valence-corrected chi connectivity index (χ3v) is 5.60. The highest BCUT2D eigenvalue weighted by molar-refractivity contribution is 7.16. The van der Waals surface area contributed by atoms with Gasteiger partial charge in [0, 0.05) is 32.7 Å². The predicted octanol–water partition coefficient (Wildman–Crippen LogP) is 0.846. The van der Waals surface area contributed by atoms with Gasteiger partial charge in [0.05, 0.1) is 11.5 Å². The van der Waals surface area contributed by atoms with E-state index in [1.165, 1.54) is 0 Å². The zero-order valence-electron chi connectivity index (χ0n) is 13.4. The number of piperazine rings is 1. The molecule has 2 saturated heterocycles. The second-order valence-electron chi connectivity index (χ2n) is 6.21. The molecule has 24 heavy (non-hydrogen) atoms. The summed E-state index contributed by atoms with van der Waals surface area (Å²) in [5.74, 6) is 1.07. The van der Waals surface area contributed by atoms with Crippen LogP contribution in [0.15, 0.2) is 17.8 Å². The van der Waals surface area contributed by atoms with Crippen molar-refractivity contribution in [2.24, 2.45) is 5.73 Å². The molecule has 0 aromatic carbocycles. The third-order valence-electron chi connectivity index (χ3n) is 4.78. The van der Waals surface area contributed by atoms with E-state index in [-0.39, 0.29) is 18.1 Å². The van der Waals surface area contributed by atoms with E-state index in [1.54, 1.807) is 17.7 Å². The molecular weight excluding hydrogens is 326 g/mol. The number of nitrogens with two attached hydrogens (primary N) is 1. The van der Waals surface area contributed by atoms with Crippen molar-refractivity contribution in [1.29, 1.82) is 0 Å². The number of hydrogen-bond acceptors (Lipinski definition) is 7. The number of carbonyl (C=O) groups is 1. The fraction of sp³-hybridized carbons (Fsp3) is 0.562. The van der Waals surface area contributed by atoms with Gasteiger partial charge in [0.2, 0.25) is 0 Å². The average molecular weight is 347 g/mol. The summed E-state index contributed by atoms with van der Waals surface area (Å²) in [6.07, 6.45) is 3.00. The molecule has 0 unspecified atom stereocenters. The predicted molar refractivity (Wildman–Crippen MR) is 93.2 cm³/mol. The average Bonchev–Trinajstić information content (AvgIpc) is 3.30. The number of nitrogens with zero attached hydrogens (tertiary/aromatic N) is 4. The maximum Gasteiger partial charge on any atom is 0.251 e. The van der Waals surface area contributed by atoms with Gasteiger partial charge in [0.15, 0.2) is 0 Å². The molecule has 2 aromatic rings. The molecule has 2 fully saturated rings. The van der Waals surface area contributed by atoms with Gasteiger partial charge < -0.3 is 20.3 Å². The van der Waals surface area contributed by atoms with Gasteiger partial charge in [-0.3, -0.25) is 4.79 Å². The summed E-state index contributed by atoms with van der Waals surface area (Å²) in [4.78, 5) is 26.5. The first-order valence-electron chi connectivity index (χ1n) is 8.33. The number of aromatic nitrogens is 2. The van der Waals surface area contributed by atoms with Crippen LogP contribution in [0.4, 0.5) is 5.82 Å². The van der Waals surface area contributed by atoms with Crippen molar-refractivity contribution in [3.63, 3.8) is 0 Å². The van der Waals surface area contributed by atoms with Crippen LogP contribution >= 0.6 is 11.3 Å². The monoisotopic (exact) mass is 347 g/mol. The zero-order valence-corrected chi connectivity index (χ0v) is 14.2. The molecule has 4 rings (SSSR count). The minimum atomic E-state index is -0.312. The second kappa shape index (κ2) is 6.62. The standard InChI is InChI=1S/C16H21N5O2S/c17-9-11-1-2-13(23-11)16(22)21-6-4-20(5-7-21)14-12-3-8-24-15(12)19-10-18-14/h3,8,10-11,13H,1-2,4-7,9,17H2/t11-,13+/m1/s1. The van der Waals surface area contributed by atoms with Gasteiger partial charge in [-0.25, -0.2) is 9.97 Å². The lowest BCUT2D eigenvalue weighted by Crippen LogP contribution is -2.51. The molecule has 1 amide bonds. The molecular formula is C16H21N5O2S. The molecule has 0 spiro atoms. The molecule has 2 aliphatic rings. The van der Waals surface area contributed by atoms with E-state index in [0.717, 1.165) is 42.0 Å². The Morgan fingerprint density at radius 1 is 1.29 bits per heavy atom. The van der Waals surface area contributed by atoms with Gasteiger partial charge in [0.1, 0.15) is 23.1 Å². The van der Waals surface area contributed by atoms with Gasteiger partial charge in [-0.05, 0) is 24.3 Å². The Morgan fingerprint density at radius 3 is 2.88 bits per heavy atom. The van der Waals surface area contributed by atoms with E-state index >= 15 is 0 Å².